The standard InChI is InChI=1S/C47H67N9O11S.C3H8.C2H6/c1-29-36(47(14,15)54(29)16)51-37(57)35(32-28-68-39(50-32)52-41(60)65-45(8,9)10)53-67-33(38(58)63-43(2,3)4)27-62-31-18-19-34(49-26-31)56(42(61)66-46(11,12)13)30-20-24-55(25-21-30)23-17-22-48-40(59)64-44(5,6)7;1-3-2;1-2/h18-21,24-26,28,33,36H,1,17,22-23,27H2,2-16H3,(H2-,48,50,51,52,57,59,60);3H2,1-2H3;1-2H3/p+1/b53-35-;;/t33?,36-;;/m1../s1. The summed E-state index contributed by atoms with van der Waals surface area (Å²) in [5.74, 6) is -1.14. The molecule has 0 saturated carbocycles. The van der Waals surface area contributed by atoms with Crippen LogP contribution in [0.5, 0.6) is 5.75 Å². The smallest absolute Gasteiger partial charge is 0.420 e. The molecule has 73 heavy (non-hydrogen) atoms. The zero-order chi connectivity index (χ0) is 55.7. The molecule has 0 aromatic carbocycles. The molecule has 0 radical (unpaired) electrons. The number of esters is 1. The monoisotopic (exact) mass is 1040 g/mol. The lowest BCUT2D eigenvalue weighted by Crippen LogP contribution is -2.69. The second-order valence-corrected chi connectivity index (χ2v) is 22.0. The Hall–Kier alpha value is -6.51. The van der Waals surface area contributed by atoms with Crippen molar-refractivity contribution in [2.75, 3.05) is 30.4 Å². The van der Waals surface area contributed by atoms with E-state index in [1.807, 2.05) is 44.2 Å². The number of nitrogens with zero attached hydrogens (tertiary/aromatic N) is 6. The number of aryl methyl sites for hydroxylation is 1. The maximum Gasteiger partial charge on any atom is 0.420 e. The van der Waals surface area contributed by atoms with E-state index in [4.69, 9.17) is 28.5 Å². The van der Waals surface area contributed by atoms with Crippen molar-refractivity contribution >= 4 is 63.8 Å². The van der Waals surface area contributed by atoms with Crippen molar-refractivity contribution < 1.29 is 57.1 Å². The van der Waals surface area contributed by atoms with Gasteiger partial charge in [0.05, 0.1) is 23.5 Å². The van der Waals surface area contributed by atoms with Gasteiger partial charge in [-0.15, -0.1) is 11.3 Å². The van der Waals surface area contributed by atoms with Crippen LogP contribution in [-0.2, 0) is 39.9 Å². The summed E-state index contributed by atoms with van der Waals surface area (Å²) in [6, 6.07) is 6.10. The van der Waals surface area contributed by atoms with E-state index in [2.05, 4.69) is 51.5 Å². The minimum atomic E-state index is -1.52. The van der Waals surface area contributed by atoms with Gasteiger partial charge in [-0.3, -0.25) is 10.1 Å². The zero-order valence-corrected chi connectivity index (χ0v) is 47.4. The van der Waals surface area contributed by atoms with Crippen molar-refractivity contribution in [3.05, 3.63) is 66.2 Å². The van der Waals surface area contributed by atoms with Gasteiger partial charge in [-0.25, -0.2) is 38.6 Å². The number of carbonyl (C=O) groups is 5. The largest absolute Gasteiger partial charge is 0.487 e. The lowest BCUT2D eigenvalue weighted by atomic mass is 9.80. The zero-order valence-electron chi connectivity index (χ0n) is 46.6. The number of nitrogens with one attached hydrogen (secondary N) is 3. The summed E-state index contributed by atoms with van der Waals surface area (Å²) in [5, 5.41) is 14.0. The fourth-order valence-corrected chi connectivity index (χ4v) is 6.81. The third-order valence-corrected chi connectivity index (χ3v) is 10.2. The maximum atomic E-state index is 14.0. The SMILES string of the molecule is C=C1[C@@H](NC(=O)/C(=N\OC(COc2ccc(N(C(=O)OC(C)(C)C)c3cc[n+](CCCNC(=O)OC(C)(C)C)cc3)nc2)C(=O)OC(C)(C)C)c2csc(NC(=O)OC(C)(C)C)n2)C(C)(C)N1C.CC.CCC. The first-order valence-corrected chi connectivity index (χ1v) is 25.4. The van der Waals surface area contributed by atoms with Crippen molar-refractivity contribution in [3.8, 4) is 5.75 Å². The van der Waals surface area contributed by atoms with Crippen LogP contribution in [0.1, 0.15) is 143 Å². The molecule has 21 heteroatoms. The number of alkyl carbamates (subject to hydrolysis) is 1. The highest BCUT2D eigenvalue weighted by molar-refractivity contribution is 7.14. The lowest BCUT2D eigenvalue weighted by Gasteiger charge is -2.56. The van der Waals surface area contributed by atoms with E-state index >= 15 is 0 Å². The number of ether oxygens (including phenoxy) is 5. The van der Waals surface area contributed by atoms with Crippen LogP contribution in [-0.4, -0.2) is 111 Å². The number of likely N-dealkylation sites (tertiary alicyclic amines) is 1. The van der Waals surface area contributed by atoms with Gasteiger partial charge in [-0.05, 0) is 109 Å². The highest BCUT2D eigenvalue weighted by atomic mass is 32.1. The first kappa shape index (κ1) is 62.6. The molecule has 1 saturated heterocycles. The minimum absolute atomic E-state index is 0.0358. The van der Waals surface area contributed by atoms with Crippen molar-refractivity contribution in [2.45, 2.75) is 184 Å². The number of likely N-dealkylation sites (N-methyl/N-ethyl adjacent to an activating group) is 1. The molecule has 2 atom stereocenters. The summed E-state index contributed by atoms with van der Waals surface area (Å²) in [6.07, 6.45) is 3.40. The van der Waals surface area contributed by atoms with E-state index in [1.54, 1.807) is 120 Å². The number of thiazole rings is 1. The number of pyridine rings is 2. The molecule has 1 aliphatic rings. The van der Waals surface area contributed by atoms with Gasteiger partial charge >= 0.3 is 24.2 Å². The van der Waals surface area contributed by atoms with Crippen LogP contribution in [0.2, 0.25) is 0 Å². The third-order valence-electron chi connectivity index (χ3n) is 9.44. The van der Waals surface area contributed by atoms with E-state index in [0.717, 1.165) is 11.3 Å². The Labute approximate surface area is 436 Å². The van der Waals surface area contributed by atoms with Crippen LogP contribution in [0.3, 0.4) is 0 Å². The van der Waals surface area contributed by atoms with Gasteiger partial charge in [0.15, 0.2) is 23.2 Å². The molecule has 0 spiro atoms. The second-order valence-electron chi connectivity index (χ2n) is 21.1. The van der Waals surface area contributed by atoms with Gasteiger partial charge < -0.3 is 44.1 Å². The third kappa shape index (κ3) is 21.2. The molecule has 3 aromatic rings. The fraction of sp³-hybridized carbons (Fsp3) is 0.596. The van der Waals surface area contributed by atoms with Crippen LogP contribution in [0, 0.1) is 0 Å². The van der Waals surface area contributed by atoms with E-state index in [-0.39, 0.29) is 28.1 Å². The van der Waals surface area contributed by atoms with Gasteiger partial charge in [0, 0.05) is 43.2 Å². The molecule has 1 unspecified atom stereocenters. The predicted octanol–water partition coefficient (Wildman–Crippen LogP) is 9.84. The summed E-state index contributed by atoms with van der Waals surface area (Å²) in [6.45, 7) is 37.6. The number of hydrogen-bond donors (Lipinski definition) is 3. The Bertz CT molecular complexity index is 2330. The normalized spacial score (nSPS) is 14.8. The van der Waals surface area contributed by atoms with Crippen molar-refractivity contribution in [3.63, 3.8) is 0 Å². The first-order valence-electron chi connectivity index (χ1n) is 24.5. The van der Waals surface area contributed by atoms with E-state index < -0.39 is 76.9 Å². The molecule has 4 amide bonds. The molecule has 0 bridgehead atoms. The molecule has 1 aliphatic heterocycles. The lowest BCUT2D eigenvalue weighted by molar-refractivity contribution is -0.697. The van der Waals surface area contributed by atoms with Gasteiger partial charge in [-0.2, -0.15) is 0 Å². The Morgan fingerprint density at radius 1 is 0.863 bits per heavy atom. The molecular weight excluding hydrogens is 959 g/mol. The topological polar surface area (TPSA) is 225 Å². The summed E-state index contributed by atoms with van der Waals surface area (Å²) < 4.78 is 29.9. The summed E-state index contributed by atoms with van der Waals surface area (Å²) in [5.41, 5.74) is -2.76. The Morgan fingerprint density at radius 3 is 1.95 bits per heavy atom. The molecule has 20 nitrogen and oxygen atoms in total. The van der Waals surface area contributed by atoms with Crippen LogP contribution < -0.4 is 30.2 Å². The molecule has 3 aromatic heterocycles. The number of anilines is 3. The van der Waals surface area contributed by atoms with Crippen LogP contribution in [0.4, 0.5) is 31.0 Å². The van der Waals surface area contributed by atoms with E-state index in [1.165, 1.54) is 22.9 Å². The highest BCUT2D eigenvalue weighted by Crippen LogP contribution is 2.37. The number of carbonyl (C=O) groups excluding carboxylic acids is 5. The van der Waals surface area contributed by atoms with Crippen molar-refractivity contribution in [2.24, 2.45) is 5.16 Å². The fourth-order valence-electron chi connectivity index (χ4n) is 6.13. The van der Waals surface area contributed by atoms with Crippen LogP contribution in [0.15, 0.2) is 65.7 Å². The molecular formula is C52H82N9O11S+. The average Bonchev–Trinajstić information content (AvgIpc) is 3.72. The maximum absolute atomic E-state index is 14.0. The molecule has 3 N–H and O–H groups in total. The number of amides is 4. The molecule has 1 fully saturated rings. The average molecular weight is 1040 g/mol. The molecule has 406 valence electrons. The number of hydrogen-bond acceptors (Lipinski definition) is 16. The van der Waals surface area contributed by atoms with Crippen LogP contribution in [0.25, 0.3) is 0 Å². The number of rotatable bonds is 16. The number of oxime groups is 1. The summed E-state index contributed by atoms with van der Waals surface area (Å²) in [7, 11) is 1.86. The summed E-state index contributed by atoms with van der Waals surface area (Å²) >= 11 is 1.02. The molecule has 4 rings (SSSR count). The van der Waals surface area contributed by atoms with Gasteiger partial charge in [0.1, 0.15) is 52.8 Å². The van der Waals surface area contributed by atoms with Crippen molar-refractivity contribution in [1.29, 1.82) is 0 Å². The van der Waals surface area contributed by atoms with Gasteiger partial charge in [0.25, 0.3) is 12.0 Å². The van der Waals surface area contributed by atoms with E-state index in [9.17, 15) is 24.0 Å². The van der Waals surface area contributed by atoms with Crippen molar-refractivity contribution in [1.82, 2.24) is 25.5 Å². The summed E-state index contributed by atoms with van der Waals surface area (Å²) in [4.78, 5) is 83.7. The van der Waals surface area contributed by atoms with Gasteiger partial charge in [-0.1, -0.05) is 45.9 Å². The van der Waals surface area contributed by atoms with Crippen LogP contribution >= 0.6 is 11.3 Å². The highest BCUT2D eigenvalue weighted by Gasteiger charge is 2.48. The first-order chi connectivity index (χ1) is 33.7. The minimum Gasteiger partial charge on any atom is -0.487 e. The Balaban J connectivity index is 0.00000351. The predicted molar refractivity (Wildman–Crippen MR) is 283 cm³/mol. The second kappa shape index (κ2) is 27.0. The molecule has 0 aliphatic carbocycles. The Morgan fingerprint density at radius 2 is 1.42 bits per heavy atom. The number of aromatic nitrogens is 3. The van der Waals surface area contributed by atoms with E-state index in [0.29, 0.717) is 30.9 Å². The molecule has 4 heterocycles. The quantitative estimate of drug-likeness (QED) is 0.0303. The van der Waals surface area contributed by atoms with Gasteiger partial charge in [0.2, 0.25) is 0 Å². The Kier molecular flexibility index (Phi) is 23.1.